The van der Waals surface area contributed by atoms with Gasteiger partial charge in [-0.05, 0) is 49.1 Å². The fourth-order valence-electron chi connectivity index (χ4n) is 2.34. The van der Waals surface area contributed by atoms with Gasteiger partial charge in [0.2, 0.25) is 0 Å². The molecule has 0 atom stereocenters. The molecule has 0 radical (unpaired) electrons. The molecule has 1 N–H and O–H groups in total. The molecule has 1 amide bonds. The van der Waals surface area contributed by atoms with Crippen molar-refractivity contribution in [3.63, 3.8) is 0 Å². The average molecular weight is 308 g/mol. The standard InChI is InChI=1S/C18H16N2OS/c1-12-7-8-15(13(2)11-12)20-18(21)14-5-3-9-19-17(14)16-6-4-10-22-16/h3-11H,1-2H3,(H,20,21). The first-order valence-corrected chi connectivity index (χ1v) is 7.90. The van der Waals surface area contributed by atoms with Crippen LogP contribution in [-0.4, -0.2) is 10.9 Å². The lowest BCUT2D eigenvalue weighted by Gasteiger charge is -2.11. The molecule has 0 saturated carbocycles. The van der Waals surface area contributed by atoms with Crippen LogP contribution in [0.1, 0.15) is 21.5 Å². The Morgan fingerprint density at radius 1 is 1.14 bits per heavy atom. The summed E-state index contributed by atoms with van der Waals surface area (Å²) in [5, 5.41) is 4.96. The van der Waals surface area contributed by atoms with Crippen molar-refractivity contribution in [3.05, 3.63) is 70.7 Å². The van der Waals surface area contributed by atoms with Gasteiger partial charge in [-0.2, -0.15) is 0 Å². The van der Waals surface area contributed by atoms with Crippen LogP contribution in [0.4, 0.5) is 5.69 Å². The first-order chi connectivity index (χ1) is 10.6. The summed E-state index contributed by atoms with van der Waals surface area (Å²) in [5.74, 6) is -0.136. The molecule has 0 aliphatic heterocycles. The van der Waals surface area contributed by atoms with Crippen LogP contribution in [0.25, 0.3) is 10.6 Å². The Labute approximate surface area is 133 Å². The normalized spacial score (nSPS) is 10.5. The Kier molecular flexibility index (Phi) is 4.02. The number of thiophene rings is 1. The van der Waals surface area contributed by atoms with E-state index in [9.17, 15) is 4.79 Å². The highest BCUT2D eigenvalue weighted by Crippen LogP contribution is 2.27. The van der Waals surface area contributed by atoms with Crippen LogP contribution in [-0.2, 0) is 0 Å². The van der Waals surface area contributed by atoms with Gasteiger partial charge >= 0.3 is 0 Å². The van der Waals surface area contributed by atoms with Crippen molar-refractivity contribution < 1.29 is 4.79 Å². The first kappa shape index (κ1) is 14.5. The summed E-state index contributed by atoms with van der Waals surface area (Å²) in [6.45, 7) is 4.03. The van der Waals surface area contributed by atoms with Gasteiger partial charge in [0.25, 0.3) is 5.91 Å². The van der Waals surface area contributed by atoms with Crippen LogP contribution in [0.2, 0.25) is 0 Å². The van der Waals surface area contributed by atoms with Crippen molar-refractivity contribution in [2.75, 3.05) is 5.32 Å². The molecule has 3 aromatic rings. The summed E-state index contributed by atoms with van der Waals surface area (Å²) in [5.41, 5.74) is 4.37. The van der Waals surface area contributed by atoms with E-state index in [2.05, 4.69) is 16.4 Å². The third kappa shape index (κ3) is 2.92. The third-order valence-electron chi connectivity index (χ3n) is 3.44. The molecule has 22 heavy (non-hydrogen) atoms. The van der Waals surface area contributed by atoms with Crippen molar-refractivity contribution in [2.24, 2.45) is 0 Å². The molecule has 0 saturated heterocycles. The zero-order chi connectivity index (χ0) is 15.5. The van der Waals surface area contributed by atoms with E-state index in [0.717, 1.165) is 21.8 Å². The second kappa shape index (κ2) is 6.12. The minimum Gasteiger partial charge on any atom is -0.322 e. The first-order valence-electron chi connectivity index (χ1n) is 7.02. The van der Waals surface area contributed by atoms with Gasteiger partial charge < -0.3 is 5.32 Å². The number of amides is 1. The summed E-state index contributed by atoms with van der Waals surface area (Å²) < 4.78 is 0. The average Bonchev–Trinajstić information content (AvgIpc) is 3.04. The van der Waals surface area contributed by atoms with Gasteiger partial charge in [-0.25, -0.2) is 0 Å². The molecule has 0 aliphatic carbocycles. The summed E-state index contributed by atoms with van der Waals surface area (Å²) in [7, 11) is 0. The van der Waals surface area contributed by atoms with Crippen LogP contribution < -0.4 is 5.32 Å². The zero-order valence-corrected chi connectivity index (χ0v) is 13.3. The quantitative estimate of drug-likeness (QED) is 0.763. The molecular weight excluding hydrogens is 292 g/mol. The number of carbonyl (C=O) groups is 1. The van der Waals surface area contributed by atoms with Crippen LogP contribution in [0.5, 0.6) is 0 Å². The molecular formula is C18H16N2OS. The number of aromatic nitrogens is 1. The summed E-state index contributed by atoms with van der Waals surface area (Å²) in [6, 6.07) is 13.5. The van der Waals surface area contributed by atoms with Crippen LogP contribution >= 0.6 is 11.3 Å². The van der Waals surface area contributed by atoms with Crippen molar-refractivity contribution in [1.29, 1.82) is 0 Å². The molecule has 1 aromatic carbocycles. The molecule has 2 heterocycles. The number of hydrogen-bond donors (Lipinski definition) is 1. The number of hydrogen-bond acceptors (Lipinski definition) is 3. The highest BCUT2D eigenvalue weighted by atomic mass is 32.1. The Bertz CT molecular complexity index is 810. The number of benzene rings is 1. The highest BCUT2D eigenvalue weighted by Gasteiger charge is 2.15. The number of carbonyl (C=O) groups excluding carboxylic acids is 1. The maximum Gasteiger partial charge on any atom is 0.257 e. The van der Waals surface area contributed by atoms with Crippen LogP contribution in [0.15, 0.2) is 54.0 Å². The molecule has 4 heteroatoms. The molecule has 0 spiro atoms. The molecule has 110 valence electrons. The second-order valence-electron chi connectivity index (χ2n) is 5.15. The lowest BCUT2D eigenvalue weighted by Crippen LogP contribution is -2.14. The molecule has 0 bridgehead atoms. The lowest BCUT2D eigenvalue weighted by molar-refractivity contribution is 0.102. The number of pyridine rings is 1. The van der Waals surface area contributed by atoms with Gasteiger partial charge in [0.15, 0.2) is 0 Å². The van der Waals surface area contributed by atoms with E-state index in [1.807, 2.05) is 43.5 Å². The van der Waals surface area contributed by atoms with Gasteiger partial charge in [0.05, 0.1) is 16.1 Å². The minimum atomic E-state index is -0.136. The summed E-state index contributed by atoms with van der Waals surface area (Å²) in [6.07, 6.45) is 1.71. The van der Waals surface area contributed by atoms with Crippen molar-refractivity contribution in [3.8, 4) is 10.6 Å². The number of nitrogens with zero attached hydrogens (tertiary/aromatic N) is 1. The number of aryl methyl sites for hydroxylation is 2. The smallest absolute Gasteiger partial charge is 0.257 e. The third-order valence-corrected chi connectivity index (χ3v) is 4.31. The van der Waals surface area contributed by atoms with E-state index in [4.69, 9.17) is 0 Å². The number of rotatable bonds is 3. The minimum absolute atomic E-state index is 0.136. The van der Waals surface area contributed by atoms with E-state index < -0.39 is 0 Å². The van der Waals surface area contributed by atoms with Crippen molar-refractivity contribution >= 4 is 22.9 Å². The monoisotopic (exact) mass is 308 g/mol. The molecule has 0 aliphatic rings. The van der Waals surface area contributed by atoms with E-state index in [1.165, 1.54) is 5.56 Å². The number of anilines is 1. The molecule has 0 fully saturated rings. The Balaban J connectivity index is 1.93. The SMILES string of the molecule is Cc1ccc(NC(=O)c2cccnc2-c2cccs2)c(C)c1. The van der Waals surface area contributed by atoms with Crippen LogP contribution in [0, 0.1) is 13.8 Å². The molecule has 3 rings (SSSR count). The maximum atomic E-state index is 12.6. The van der Waals surface area contributed by atoms with Crippen LogP contribution in [0.3, 0.4) is 0 Å². The van der Waals surface area contributed by atoms with E-state index >= 15 is 0 Å². The van der Waals surface area contributed by atoms with E-state index in [1.54, 1.807) is 29.7 Å². The topological polar surface area (TPSA) is 42.0 Å². The molecule has 0 unspecified atom stereocenters. The fourth-order valence-corrected chi connectivity index (χ4v) is 3.08. The van der Waals surface area contributed by atoms with Crippen molar-refractivity contribution in [1.82, 2.24) is 4.98 Å². The second-order valence-corrected chi connectivity index (χ2v) is 6.10. The summed E-state index contributed by atoms with van der Waals surface area (Å²) >= 11 is 1.58. The van der Waals surface area contributed by atoms with Gasteiger partial charge in [-0.3, -0.25) is 9.78 Å². The Morgan fingerprint density at radius 2 is 2.00 bits per heavy atom. The lowest BCUT2D eigenvalue weighted by atomic mass is 10.1. The van der Waals surface area contributed by atoms with E-state index in [0.29, 0.717) is 5.56 Å². The predicted octanol–water partition coefficient (Wildman–Crippen LogP) is 4.68. The summed E-state index contributed by atoms with van der Waals surface area (Å²) in [4.78, 5) is 18.0. The van der Waals surface area contributed by atoms with Crippen molar-refractivity contribution in [2.45, 2.75) is 13.8 Å². The zero-order valence-electron chi connectivity index (χ0n) is 12.5. The Morgan fingerprint density at radius 3 is 2.73 bits per heavy atom. The fraction of sp³-hybridized carbons (Fsp3) is 0.111. The largest absolute Gasteiger partial charge is 0.322 e. The highest BCUT2D eigenvalue weighted by molar-refractivity contribution is 7.13. The predicted molar refractivity (Wildman–Crippen MR) is 91.4 cm³/mol. The van der Waals surface area contributed by atoms with Gasteiger partial charge in [0.1, 0.15) is 0 Å². The van der Waals surface area contributed by atoms with Gasteiger partial charge in [0, 0.05) is 11.9 Å². The van der Waals surface area contributed by atoms with E-state index in [-0.39, 0.29) is 5.91 Å². The molecule has 2 aromatic heterocycles. The van der Waals surface area contributed by atoms with Gasteiger partial charge in [-0.1, -0.05) is 23.8 Å². The molecule has 3 nitrogen and oxygen atoms in total. The maximum absolute atomic E-state index is 12.6. The Hall–Kier alpha value is -2.46. The number of nitrogens with one attached hydrogen (secondary N) is 1. The van der Waals surface area contributed by atoms with Gasteiger partial charge in [-0.15, -0.1) is 11.3 Å².